The zero-order valence-electron chi connectivity index (χ0n) is 10.9. The fourth-order valence-electron chi connectivity index (χ4n) is 1.64. The van der Waals surface area contributed by atoms with Gasteiger partial charge < -0.3 is 9.47 Å². The summed E-state index contributed by atoms with van der Waals surface area (Å²) in [5.41, 5.74) is 0.992. The van der Waals surface area contributed by atoms with Gasteiger partial charge in [-0.1, -0.05) is 28.1 Å². The van der Waals surface area contributed by atoms with Gasteiger partial charge in [0.2, 0.25) is 0 Å². The summed E-state index contributed by atoms with van der Waals surface area (Å²) < 4.78 is 12.1. The van der Waals surface area contributed by atoms with Crippen molar-refractivity contribution in [1.82, 2.24) is 0 Å². The molecule has 0 N–H and O–H groups in total. The number of nitrogens with zero attached hydrogens (tertiary/aromatic N) is 1. The highest BCUT2D eigenvalue weighted by atomic mass is 79.9. The molecule has 0 saturated carbocycles. The minimum absolute atomic E-state index is 0.424. The lowest BCUT2D eigenvalue weighted by Gasteiger charge is -2.08. The monoisotopic (exact) mass is 331 g/mol. The van der Waals surface area contributed by atoms with Crippen molar-refractivity contribution in [2.24, 2.45) is 0 Å². The normalized spacial score (nSPS) is 9.80. The summed E-state index contributed by atoms with van der Waals surface area (Å²) in [5, 5.41) is 8.59. The molecule has 2 aromatic carbocycles. The molecule has 0 spiro atoms. The Morgan fingerprint density at radius 2 is 1.35 bits per heavy atom. The molecule has 4 heteroatoms. The molecule has 102 valence electrons. The van der Waals surface area contributed by atoms with Crippen molar-refractivity contribution in [2.75, 3.05) is 13.2 Å². The highest BCUT2D eigenvalue weighted by Gasteiger charge is 1.97. The van der Waals surface area contributed by atoms with Gasteiger partial charge >= 0.3 is 0 Å². The SMILES string of the molecule is N#CCc1ccc(OCCOc2ccc(Br)cc2)cc1. The van der Waals surface area contributed by atoms with Gasteiger partial charge in [-0.2, -0.15) is 5.26 Å². The number of rotatable bonds is 6. The zero-order valence-corrected chi connectivity index (χ0v) is 12.5. The van der Waals surface area contributed by atoms with Crippen LogP contribution in [0.5, 0.6) is 11.5 Å². The fourth-order valence-corrected chi connectivity index (χ4v) is 1.91. The Morgan fingerprint density at radius 1 is 0.850 bits per heavy atom. The molecule has 0 aliphatic carbocycles. The fraction of sp³-hybridized carbons (Fsp3) is 0.188. The van der Waals surface area contributed by atoms with E-state index in [0.29, 0.717) is 19.6 Å². The first-order valence-corrected chi connectivity index (χ1v) is 7.04. The molecular formula is C16H14BrNO2. The van der Waals surface area contributed by atoms with Crippen molar-refractivity contribution in [1.29, 1.82) is 5.26 Å². The summed E-state index contributed by atoms with van der Waals surface area (Å²) in [6, 6.07) is 17.3. The molecule has 0 radical (unpaired) electrons. The van der Waals surface area contributed by atoms with Crippen molar-refractivity contribution in [3.8, 4) is 17.6 Å². The van der Waals surface area contributed by atoms with Gasteiger partial charge in [-0.15, -0.1) is 0 Å². The number of benzene rings is 2. The number of hydrogen-bond donors (Lipinski definition) is 0. The minimum Gasteiger partial charge on any atom is -0.490 e. The first-order chi connectivity index (χ1) is 9.78. The van der Waals surface area contributed by atoms with Gasteiger partial charge in [0.05, 0.1) is 12.5 Å². The smallest absolute Gasteiger partial charge is 0.122 e. The molecule has 0 aromatic heterocycles. The second-order valence-electron chi connectivity index (χ2n) is 4.13. The van der Waals surface area contributed by atoms with Crippen LogP contribution in [0.1, 0.15) is 5.56 Å². The van der Waals surface area contributed by atoms with Crippen LogP contribution in [0.4, 0.5) is 0 Å². The Bertz CT molecular complexity index is 573. The van der Waals surface area contributed by atoms with E-state index in [1.807, 2.05) is 48.5 Å². The molecule has 0 aliphatic heterocycles. The summed E-state index contributed by atoms with van der Waals surface area (Å²) in [5.74, 6) is 1.60. The van der Waals surface area contributed by atoms with E-state index in [2.05, 4.69) is 22.0 Å². The van der Waals surface area contributed by atoms with Crippen LogP contribution in [-0.4, -0.2) is 13.2 Å². The van der Waals surface area contributed by atoms with Crippen LogP contribution < -0.4 is 9.47 Å². The van der Waals surface area contributed by atoms with Crippen LogP contribution in [0.3, 0.4) is 0 Å². The lowest BCUT2D eigenvalue weighted by Crippen LogP contribution is -2.08. The lowest BCUT2D eigenvalue weighted by molar-refractivity contribution is 0.217. The molecule has 0 amide bonds. The standard InChI is InChI=1S/C16H14BrNO2/c17-14-3-7-16(8-4-14)20-12-11-19-15-5-1-13(2-6-15)9-10-18/h1-8H,9,11-12H2. The average molecular weight is 332 g/mol. The van der Waals surface area contributed by atoms with Crippen LogP contribution >= 0.6 is 15.9 Å². The Hall–Kier alpha value is -1.99. The Morgan fingerprint density at radius 3 is 1.85 bits per heavy atom. The predicted octanol–water partition coefficient (Wildman–Crippen LogP) is 3.97. The van der Waals surface area contributed by atoms with E-state index in [-0.39, 0.29) is 0 Å². The summed E-state index contributed by atoms with van der Waals surface area (Å²) in [6.07, 6.45) is 0.424. The van der Waals surface area contributed by atoms with E-state index in [1.54, 1.807) is 0 Å². The average Bonchev–Trinajstić information content (AvgIpc) is 2.47. The first kappa shape index (κ1) is 14.4. The van der Waals surface area contributed by atoms with Crippen molar-refractivity contribution in [3.05, 3.63) is 58.6 Å². The minimum atomic E-state index is 0.424. The quantitative estimate of drug-likeness (QED) is 0.752. The maximum absolute atomic E-state index is 8.59. The van der Waals surface area contributed by atoms with Gasteiger partial charge in [0.25, 0.3) is 0 Å². The molecule has 2 rings (SSSR count). The molecule has 0 heterocycles. The van der Waals surface area contributed by atoms with Gasteiger partial charge in [-0.25, -0.2) is 0 Å². The summed E-state index contributed by atoms with van der Waals surface area (Å²) in [4.78, 5) is 0. The van der Waals surface area contributed by atoms with Gasteiger partial charge in [-0.05, 0) is 42.0 Å². The molecule has 0 fully saturated rings. The van der Waals surface area contributed by atoms with Gasteiger partial charge in [-0.3, -0.25) is 0 Å². The third kappa shape index (κ3) is 4.60. The van der Waals surface area contributed by atoms with E-state index < -0.39 is 0 Å². The molecule has 0 unspecified atom stereocenters. The topological polar surface area (TPSA) is 42.2 Å². The van der Waals surface area contributed by atoms with E-state index in [0.717, 1.165) is 21.5 Å². The maximum Gasteiger partial charge on any atom is 0.122 e. The molecule has 20 heavy (non-hydrogen) atoms. The number of halogens is 1. The molecule has 0 atom stereocenters. The van der Waals surface area contributed by atoms with Gasteiger partial charge in [0.15, 0.2) is 0 Å². The second-order valence-corrected chi connectivity index (χ2v) is 5.05. The number of nitriles is 1. The van der Waals surface area contributed by atoms with Crippen LogP contribution in [0.2, 0.25) is 0 Å². The number of hydrogen-bond acceptors (Lipinski definition) is 3. The van der Waals surface area contributed by atoms with E-state index in [1.165, 1.54) is 0 Å². The summed E-state index contributed by atoms with van der Waals surface area (Å²) in [6.45, 7) is 0.967. The first-order valence-electron chi connectivity index (χ1n) is 6.25. The van der Waals surface area contributed by atoms with Crippen LogP contribution in [0.15, 0.2) is 53.0 Å². The van der Waals surface area contributed by atoms with E-state index in [4.69, 9.17) is 14.7 Å². The molecule has 0 saturated heterocycles. The van der Waals surface area contributed by atoms with E-state index >= 15 is 0 Å². The van der Waals surface area contributed by atoms with Gasteiger partial charge in [0.1, 0.15) is 24.7 Å². The summed E-state index contributed by atoms with van der Waals surface area (Å²) in [7, 11) is 0. The van der Waals surface area contributed by atoms with Crippen LogP contribution in [-0.2, 0) is 6.42 Å². The molecular weight excluding hydrogens is 318 g/mol. The van der Waals surface area contributed by atoms with Crippen LogP contribution in [0, 0.1) is 11.3 Å². The molecule has 0 bridgehead atoms. The summed E-state index contributed by atoms with van der Waals surface area (Å²) >= 11 is 3.37. The van der Waals surface area contributed by atoms with Gasteiger partial charge in [0, 0.05) is 4.47 Å². The Balaban J connectivity index is 1.73. The van der Waals surface area contributed by atoms with Crippen molar-refractivity contribution < 1.29 is 9.47 Å². The highest BCUT2D eigenvalue weighted by Crippen LogP contribution is 2.16. The largest absolute Gasteiger partial charge is 0.490 e. The van der Waals surface area contributed by atoms with Crippen molar-refractivity contribution in [3.63, 3.8) is 0 Å². The third-order valence-electron chi connectivity index (χ3n) is 2.64. The zero-order chi connectivity index (χ0) is 14.2. The maximum atomic E-state index is 8.59. The van der Waals surface area contributed by atoms with Crippen molar-refractivity contribution >= 4 is 15.9 Å². The third-order valence-corrected chi connectivity index (χ3v) is 3.17. The Kier molecular flexibility index (Phi) is 5.45. The van der Waals surface area contributed by atoms with Crippen LogP contribution in [0.25, 0.3) is 0 Å². The second kappa shape index (κ2) is 7.56. The lowest BCUT2D eigenvalue weighted by atomic mass is 10.2. The Labute approximate surface area is 126 Å². The number of ether oxygens (including phenoxy) is 2. The molecule has 3 nitrogen and oxygen atoms in total. The predicted molar refractivity (Wildman–Crippen MR) is 80.9 cm³/mol. The molecule has 0 aliphatic rings. The van der Waals surface area contributed by atoms with E-state index in [9.17, 15) is 0 Å². The highest BCUT2D eigenvalue weighted by molar-refractivity contribution is 9.10. The molecule has 2 aromatic rings. The van der Waals surface area contributed by atoms with Crippen molar-refractivity contribution in [2.45, 2.75) is 6.42 Å².